The van der Waals surface area contributed by atoms with E-state index in [1.54, 1.807) is 6.92 Å². The number of fused-ring (bicyclic) bond motifs is 1. The quantitative estimate of drug-likeness (QED) is 0.909. The summed E-state index contributed by atoms with van der Waals surface area (Å²) in [5, 5.41) is 10.8. The maximum Gasteiger partial charge on any atom is 0.312 e. The second-order valence-electron chi connectivity index (χ2n) is 4.77. The van der Waals surface area contributed by atoms with Gasteiger partial charge in [0.1, 0.15) is 0 Å². The summed E-state index contributed by atoms with van der Waals surface area (Å²) < 4.78 is 2.04. The number of carboxylic acids is 1. The van der Waals surface area contributed by atoms with E-state index in [2.05, 4.69) is 0 Å². The van der Waals surface area contributed by atoms with Gasteiger partial charge in [0.25, 0.3) is 0 Å². The topological polar surface area (TPSA) is 42.2 Å². The minimum atomic E-state index is -0.823. The van der Waals surface area contributed by atoms with Gasteiger partial charge in [-0.1, -0.05) is 17.7 Å². The van der Waals surface area contributed by atoms with Crippen molar-refractivity contribution in [3.8, 4) is 0 Å². The highest BCUT2D eigenvalue weighted by Gasteiger charge is 2.22. The molecule has 0 radical (unpaired) electrons. The van der Waals surface area contributed by atoms with Crippen LogP contribution in [0, 0.1) is 0 Å². The molecule has 2 rings (SSSR count). The smallest absolute Gasteiger partial charge is 0.312 e. The van der Waals surface area contributed by atoms with E-state index in [0.29, 0.717) is 5.02 Å². The summed E-state index contributed by atoms with van der Waals surface area (Å²) in [6.45, 7) is 5.78. The molecular weight excluding hydrogens is 250 g/mol. The van der Waals surface area contributed by atoms with E-state index in [-0.39, 0.29) is 6.04 Å². The van der Waals surface area contributed by atoms with Crippen LogP contribution in [0.4, 0.5) is 0 Å². The molecule has 1 aromatic carbocycles. The van der Waals surface area contributed by atoms with Crippen molar-refractivity contribution < 1.29 is 9.90 Å². The maximum absolute atomic E-state index is 11.2. The fraction of sp³-hybridized carbons (Fsp3) is 0.357. The summed E-state index contributed by atoms with van der Waals surface area (Å²) in [6.07, 6.45) is 0. The van der Waals surface area contributed by atoms with Crippen molar-refractivity contribution in [2.45, 2.75) is 32.7 Å². The van der Waals surface area contributed by atoms with Gasteiger partial charge in [0.15, 0.2) is 0 Å². The summed E-state index contributed by atoms with van der Waals surface area (Å²) in [6, 6.07) is 7.76. The van der Waals surface area contributed by atoms with Crippen LogP contribution in [0.1, 0.15) is 38.4 Å². The van der Waals surface area contributed by atoms with Crippen LogP contribution in [0.5, 0.6) is 0 Å². The van der Waals surface area contributed by atoms with E-state index in [4.69, 9.17) is 11.6 Å². The van der Waals surface area contributed by atoms with Gasteiger partial charge in [-0.05, 0) is 39.0 Å². The zero-order chi connectivity index (χ0) is 13.4. The Morgan fingerprint density at radius 1 is 1.33 bits per heavy atom. The second kappa shape index (κ2) is 4.65. The summed E-state index contributed by atoms with van der Waals surface area (Å²) in [4.78, 5) is 11.2. The first-order chi connectivity index (χ1) is 8.43. The van der Waals surface area contributed by atoms with E-state index in [9.17, 15) is 9.90 Å². The van der Waals surface area contributed by atoms with E-state index >= 15 is 0 Å². The maximum atomic E-state index is 11.2. The molecule has 0 saturated carbocycles. The van der Waals surface area contributed by atoms with Crippen molar-refractivity contribution in [2.24, 2.45) is 0 Å². The number of carboxylic acid groups (broad SMARTS) is 1. The largest absolute Gasteiger partial charge is 0.481 e. The van der Waals surface area contributed by atoms with E-state index in [1.807, 2.05) is 42.7 Å². The molecule has 0 spiro atoms. The van der Waals surface area contributed by atoms with E-state index in [1.165, 1.54) is 0 Å². The molecule has 1 N–H and O–H groups in total. The number of nitrogens with zero attached hydrogens (tertiary/aromatic N) is 1. The first-order valence-corrected chi connectivity index (χ1v) is 6.33. The highest BCUT2D eigenvalue weighted by atomic mass is 35.5. The number of aliphatic carboxylic acids is 1. The SMILES string of the molecule is CC(C(=O)O)c1cc2c(Cl)cccc2n1C(C)C. The van der Waals surface area contributed by atoms with Crippen LogP contribution in [0.15, 0.2) is 24.3 Å². The number of rotatable bonds is 3. The van der Waals surface area contributed by atoms with E-state index < -0.39 is 11.9 Å². The third kappa shape index (κ3) is 1.99. The number of carbonyl (C=O) groups is 1. The van der Waals surface area contributed by atoms with Gasteiger partial charge in [-0.2, -0.15) is 0 Å². The van der Waals surface area contributed by atoms with Gasteiger partial charge < -0.3 is 9.67 Å². The summed E-state index contributed by atoms with van der Waals surface area (Å²) in [5.41, 5.74) is 1.78. The Morgan fingerprint density at radius 2 is 2.00 bits per heavy atom. The van der Waals surface area contributed by atoms with E-state index in [0.717, 1.165) is 16.6 Å². The van der Waals surface area contributed by atoms with Crippen molar-refractivity contribution >= 4 is 28.5 Å². The average molecular weight is 266 g/mol. The lowest BCUT2D eigenvalue weighted by Crippen LogP contribution is -2.14. The normalized spacial score (nSPS) is 13.2. The molecule has 0 saturated heterocycles. The molecule has 2 aromatic rings. The van der Waals surface area contributed by atoms with Crippen molar-refractivity contribution in [3.63, 3.8) is 0 Å². The van der Waals surface area contributed by atoms with Crippen molar-refractivity contribution in [1.29, 1.82) is 0 Å². The molecule has 0 fully saturated rings. The summed E-state index contributed by atoms with van der Waals surface area (Å²) >= 11 is 6.17. The molecule has 4 heteroatoms. The molecule has 3 nitrogen and oxygen atoms in total. The van der Waals surface area contributed by atoms with Crippen LogP contribution in [0.3, 0.4) is 0 Å². The minimum Gasteiger partial charge on any atom is -0.481 e. The minimum absolute atomic E-state index is 0.192. The molecule has 1 atom stereocenters. The lowest BCUT2D eigenvalue weighted by molar-refractivity contribution is -0.138. The van der Waals surface area contributed by atoms with Crippen LogP contribution in [-0.4, -0.2) is 15.6 Å². The van der Waals surface area contributed by atoms with Crippen molar-refractivity contribution in [2.75, 3.05) is 0 Å². The fourth-order valence-corrected chi connectivity index (χ4v) is 2.50. The second-order valence-corrected chi connectivity index (χ2v) is 5.17. The first kappa shape index (κ1) is 13.0. The molecule has 0 amide bonds. The van der Waals surface area contributed by atoms with Crippen LogP contribution in [0.2, 0.25) is 5.02 Å². The predicted molar refractivity (Wildman–Crippen MR) is 73.4 cm³/mol. The molecule has 96 valence electrons. The Morgan fingerprint density at radius 3 is 2.56 bits per heavy atom. The third-order valence-corrected chi connectivity index (χ3v) is 3.52. The van der Waals surface area contributed by atoms with Gasteiger partial charge in [0, 0.05) is 27.7 Å². The van der Waals surface area contributed by atoms with Gasteiger partial charge in [0.2, 0.25) is 0 Å². The van der Waals surface area contributed by atoms with Gasteiger partial charge in [-0.15, -0.1) is 0 Å². The van der Waals surface area contributed by atoms with Gasteiger partial charge >= 0.3 is 5.97 Å². The molecule has 0 aliphatic carbocycles. The third-order valence-electron chi connectivity index (χ3n) is 3.19. The molecule has 18 heavy (non-hydrogen) atoms. The molecule has 1 aromatic heterocycles. The highest BCUT2D eigenvalue weighted by molar-refractivity contribution is 6.35. The highest BCUT2D eigenvalue weighted by Crippen LogP contribution is 2.32. The molecule has 1 heterocycles. The standard InChI is InChI=1S/C14H16ClNO2/c1-8(2)16-12-6-4-5-11(15)10(12)7-13(16)9(3)14(17)18/h4-9H,1-3H3,(H,17,18). The monoisotopic (exact) mass is 265 g/mol. The Kier molecular flexibility index (Phi) is 3.35. The van der Waals surface area contributed by atoms with Crippen molar-refractivity contribution in [1.82, 2.24) is 4.57 Å². The lowest BCUT2D eigenvalue weighted by Gasteiger charge is -2.17. The summed E-state index contributed by atoms with van der Waals surface area (Å²) in [7, 11) is 0. The molecule has 0 aliphatic rings. The number of benzene rings is 1. The van der Waals surface area contributed by atoms with Gasteiger partial charge in [-0.25, -0.2) is 0 Å². The number of aromatic nitrogens is 1. The van der Waals surface area contributed by atoms with Crippen LogP contribution in [-0.2, 0) is 4.79 Å². The fourth-order valence-electron chi connectivity index (χ4n) is 2.27. The zero-order valence-electron chi connectivity index (χ0n) is 10.6. The van der Waals surface area contributed by atoms with Gasteiger partial charge in [-0.3, -0.25) is 4.79 Å². The lowest BCUT2D eigenvalue weighted by atomic mass is 10.1. The average Bonchev–Trinajstić information content (AvgIpc) is 2.68. The Balaban J connectivity index is 2.77. The molecule has 1 unspecified atom stereocenters. The Bertz CT molecular complexity index is 601. The van der Waals surface area contributed by atoms with Crippen LogP contribution < -0.4 is 0 Å². The predicted octanol–water partition coefficient (Wildman–Crippen LogP) is 4.06. The number of hydrogen-bond donors (Lipinski definition) is 1. The summed E-state index contributed by atoms with van der Waals surface area (Å²) in [5.74, 6) is -1.37. The van der Waals surface area contributed by atoms with Crippen molar-refractivity contribution in [3.05, 3.63) is 35.0 Å². The van der Waals surface area contributed by atoms with Crippen LogP contribution in [0.25, 0.3) is 10.9 Å². The Hall–Kier alpha value is -1.48. The molecular formula is C14H16ClNO2. The molecule has 0 bridgehead atoms. The zero-order valence-corrected chi connectivity index (χ0v) is 11.4. The Labute approximate surface area is 111 Å². The number of halogens is 1. The first-order valence-electron chi connectivity index (χ1n) is 5.95. The molecule has 0 aliphatic heterocycles. The van der Waals surface area contributed by atoms with Crippen LogP contribution >= 0.6 is 11.6 Å². The number of hydrogen-bond acceptors (Lipinski definition) is 1. The van der Waals surface area contributed by atoms with Gasteiger partial charge in [0.05, 0.1) is 5.92 Å².